The van der Waals surface area contributed by atoms with Crippen LogP contribution in [-0.4, -0.2) is 38.8 Å². The Morgan fingerprint density at radius 3 is 2.80 bits per heavy atom. The first-order valence-corrected chi connectivity index (χ1v) is 6.25. The number of aromatic nitrogens is 3. The Morgan fingerprint density at radius 2 is 2.25 bits per heavy atom. The minimum atomic E-state index is -4.79. The van der Waals surface area contributed by atoms with Gasteiger partial charge < -0.3 is 9.84 Å². The van der Waals surface area contributed by atoms with Gasteiger partial charge in [-0.05, 0) is 25.7 Å². The maximum atomic E-state index is 12.8. The summed E-state index contributed by atoms with van der Waals surface area (Å²) in [6.45, 7) is 0.653. The van der Waals surface area contributed by atoms with E-state index in [4.69, 9.17) is 9.84 Å². The number of hydrogen-bond acceptors (Lipinski definition) is 4. The van der Waals surface area contributed by atoms with E-state index in [0.29, 0.717) is 24.1 Å². The molecule has 112 valence electrons. The van der Waals surface area contributed by atoms with E-state index in [-0.39, 0.29) is 12.6 Å². The lowest BCUT2D eigenvalue weighted by atomic mass is 10.1. The van der Waals surface area contributed by atoms with Crippen molar-refractivity contribution in [1.29, 1.82) is 0 Å². The van der Waals surface area contributed by atoms with Gasteiger partial charge in [0.15, 0.2) is 5.69 Å². The highest BCUT2D eigenvalue weighted by Gasteiger charge is 2.41. The van der Waals surface area contributed by atoms with Crippen LogP contribution in [0.2, 0.25) is 0 Å². The summed E-state index contributed by atoms with van der Waals surface area (Å²) in [6, 6.07) is 0. The third kappa shape index (κ3) is 3.27. The van der Waals surface area contributed by atoms with E-state index >= 15 is 0 Å². The molecule has 0 amide bonds. The SMILES string of the molecule is O=C(O)c1nnn(CCCC2CCCO2)c1C(F)(F)F. The number of ether oxygens (including phenoxy) is 1. The summed E-state index contributed by atoms with van der Waals surface area (Å²) in [5.41, 5.74) is -2.37. The minimum absolute atomic E-state index is 0.0328. The average Bonchev–Trinajstić information content (AvgIpc) is 2.96. The molecule has 0 bridgehead atoms. The van der Waals surface area contributed by atoms with Gasteiger partial charge in [0.05, 0.1) is 6.10 Å². The molecule has 2 heterocycles. The summed E-state index contributed by atoms with van der Waals surface area (Å²) in [6.07, 6.45) is -1.79. The largest absolute Gasteiger partial charge is 0.476 e. The first kappa shape index (κ1) is 14.8. The summed E-state index contributed by atoms with van der Waals surface area (Å²) in [7, 11) is 0. The van der Waals surface area contributed by atoms with E-state index in [1.165, 1.54) is 0 Å². The summed E-state index contributed by atoms with van der Waals surface area (Å²) >= 11 is 0. The predicted octanol–water partition coefficient (Wildman–Crippen LogP) is 1.95. The molecule has 0 aromatic carbocycles. The lowest BCUT2D eigenvalue weighted by Gasteiger charge is -2.11. The van der Waals surface area contributed by atoms with E-state index in [9.17, 15) is 18.0 Å². The Balaban J connectivity index is 2.05. The number of aromatic carboxylic acids is 1. The first-order valence-electron chi connectivity index (χ1n) is 6.25. The van der Waals surface area contributed by atoms with Crippen LogP contribution >= 0.6 is 0 Å². The standard InChI is InChI=1S/C11H14F3N3O3/c12-11(13,14)9-8(10(18)19)15-16-17(9)5-1-3-7-4-2-6-20-7/h7H,1-6H2,(H,18,19). The molecule has 0 radical (unpaired) electrons. The normalized spacial score (nSPS) is 19.4. The number of nitrogens with zero attached hydrogens (tertiary/aromatic N) is 3. The maximum Gasteiger partial charge on any atom is 0.435 e. The molecule has 1 atom stereocenters. The van der Waals surface area contributed by atoms with Crippen molar-refractivity contribution in [2.45, 2.75) is 44.5 Å². The van der Waals surface area contributed by atoms with Crippen molar-refractivity contribution >= 4 is 5.97 Å². The smallest absolute Gasteiger partial charge is 0.435 e. The van der Waals surface area contributed by atoms with Crippen molar-refractivity contribution < 1.29 is 27.8 Å². The van der Waals surface area contributed by atoms with Gasteiger partial charge in [0.25, 0.3) is 0 Å². The number of hydrogen-bond donors (Lipinski definition) is 1. The highest BCUT2D eigenvalue weighted by Crippen LogP contribution is 2.31. The fraction of sp³-hybridized carbons (Fsp3) is 0.727. The van der Waals surface area contributed by atoms with Crippen LogP contribution < -0.4 is 0 Å². The van der Waals surface area contributed by atoms with E-state index in [2.05, 4.69) is 10.3 Å². The number of carboxylic acid groups (broad SMARTS) is 1. The van der Waals surface area contributed by atoms with Crippen molar-refractivity contribution in [2.75, 3.05) is 6.61 Å². The summed E-state index contributed by atoms with van der Waals surface area (Å²) in [5.74, 6) is -1.73. The van der Waals surface area contributed by atoms with E-state index < -0.39 is 23.5 Å². The number of carbonyl (C=O) groups is 1. The summed E-state index contributed by atoms with van der Waals surface area (Å²) < 4.78 is 44.5. The van der Waals surface area contributed by atoms with Gasteiger partial charge in [0.1, 0.15) is 0 Å². The number of aryl methyl sites for hydroxylation is 1. The number of halogens is 3. The van der Waals surface area contributed by atoms with Crippen LogP contribution in [-0.2, 0) is 17.5 Å². The van der Waals surface area contributed by atoms with Crippen molar-refractivity contribution in [3.8, 4) is 0 Å². The van der Waals surface area contributed by atoms with Crippen LogP contribution in [0.4, 0.5) is 13.2 Å². The molecule has 20 heavy (non-hydrogen) atoms. The Morgan fingerprint density at radius 1 is 1.50 bits per heavy atom. The van der Waals surface area contributed by atoms with Crippen molar-refractivity contribution in [1.82, 2.24) is 15.0 Å². The summed E-state index contributed by atoms with van der Waals surface area (Å²) in [5, 5.41) is 15.1. The minimum Gasteiger partial charge on any atom is -0.476 e. The maximum absolute atomic E-state index is 12.8. The van der Waals surface area contributed by atoms with E-state index in [1.807, 2.05) is 0 Å². The Bertz CT molecular complexity index is 481. The van der Waals surface area contributed by atoms with Gasteiger partial charge >= 0.3 is 12.1 Å². The Labute approximate surface area is 112 Å². The fourth-order valence-corrected chi connectivity index (χ4v) is 2.23. The van der Waals surface area contributed by atoms with Crippen LogP contribution in [0.5, 0.6) is 0 Å². The van der Waals surface area contributed by atoms with Crippen molar-refractivity contribution in [2.24, 2.45) is 0 Å². The molecular formula is C11H14F3N3O3. The number of carboxylic acids is 1. The molecule has 1 aliphatic rings. The average molecular weight is 293 g/mol. The monoisotopic (exact) mass is 293 g/mol. The van der Waals surface area contributed by atoms with E-state index in [0.717, 1.165) is 12.8 Å². The quantitative estimate of drug-likeness (QED) is 0.898. The van der Waals surface area contributed by atoms with Gasteiger partial charge in [0, 0.05) is 13.2 Å². The predicted molar refractivity (Wildman–Crippen MR) is 60.2 cm³/mol. The third-order valence-electron chi connectivity index (χ3n) is 3.13. The van der Waals surface area contributed by atoms with Gasteiger partial charge in [-0.25, -0.2) is 9.48 Å². The van der Waals surface area contributed by atoms with Crippen LogP contribution in [0.1, 0.15) is 41.9 Å². The van der Waals surface area contributed by atoms with Gasteiger partial charge in [-0.2, -0.15) is 13.2 Å². The molecule has 1 unspecified atom stereocenters. The number of rotatable bonds is 5. The van der Waals surface area contributed by atoms with Gasteiger partial charge in [0.2, 0.25) is 5.69 Å². The zero-order chi connectivity index (χ0) is 14.8. The lowest BCUT2D eigenvalue weighted by Crippen LogP contribution is -2.19. The Kier molecular flexibility index (Phi) is 4.26. The molecule has 1 saturated heterocycles. The zero-order valence-corrected chi connectivity index (χ0v) is 10.6. The zero-order valence-electron chi connectivity index (χ0n) is 10.6. The molecule has 1 N–H and O–H groups in total. The second-order valence-corrected chi connectivity index (χ2v) is 4.59. The van der Waals surface area contributed by atoms with Gasteiger partial charge in [-0.3, -0.25) is 0 Å². The molecule has 1 aromatic heterocycles. The molecule has 0 saturated carbocycles. The van der Waals surface area contributed by atoms with Gasteiger partial charge in [-0.1, -0.05) is 5.21 Å². The Hall–Kier alpha value is -1.64. The molecule has 1 aliphatic heterocycles. The van der Waals surface area contributed by atoms with Crippen LogP contribution in [0, 0.1) is 0 Å². The molecule has 1 fully saturated rings. The fourth-order valence-electron chi connectivity index (χ4n) is 2.23. The molecule has 6 nitrogen and oxygen atoms in total. The molecular weight excluding hydrogens is 279 g/mol. The molecule has 1 aromatic rings. The second kappa shape index (κ2) is 5.78. The van der Waals surface area contributed by atoms with Crippen LogP contribution in [0.3, 0.4) is 0 Å². The summed E-state index contributed by atoms with van der Waals surface area (Å²) in [4.78, 5) is 10.7. The van der Waals surface area contributed by atoms with Crippen LogP contribution in [0.15, 0.2) is 0 Å². The van der Waals surface area contributed by atoms with Gasteiger partial charge in [-0.15, -0.1) is 5.10 Å². The highest BCUT2D eigenvalue weighted by atomic mass is 19.4. The third-order valence-corrected chi connectivity index (χ3v) is 3.13. The van der Waals surface area contributed by atoms with Crippen LogP contribution in [0.25, 0.3) is 0 Å². The first-order chi connectivity index (χ1) is 9.39. The molecule has 0 aliphatic carbocycles. The molecule has 9 heteroatoms. The van der Waals surface area contributed by atoms with Crippen molar-refractivity contribution in [3.63, 3.8) is 0 Å². The van der Waals surface area contributed by atoms with Crippen molar-refractivity contribution in [3.05, 3.63) is 11.4 Å². The lowest BCUT2D eigenvalue weighted by molar-refractivity contribution is -0.144. The second-order valence-electron chi connectivity index (χ2n) is 4.59. The molecule has 0 spiro atoms. The molecule has 2 rings (SSSR count). The number of alkyl halides is 3. The van der Waals surface area contributed by atoms with E-state index in [1.54, 1.807) is 0 Å². The topological polar surface area (TPSA) is 77.2 Å². The highest BCUT2D eigenvalue weighted by molar-refractivity contribution is 5.86.